The number of phenols is 1. The molecule has 1 fully saturated rings. The first kappa shape index (κ1) is 23.7. The molecule has 6 rings (SSSR count). The molecule has 0 radical (unpaired) electrons. The molecule has 0 amide bonds. The molecule has 3 aliphatic rings. The van der Waals surface area contributed by atoms with Crippen LogP contribution in [0.4, 0.5) is 11.4 Å². The van der Waals surface area contributed by atoms with Crippen LogP contribution in [0.5, 0.6) is 28.7 Å². The molecule has 2 N–H and O–H groups in total. The summed E-state index contributed by atoms with van der Waals surface area (Å²) in [5.41, 5.74) is 3.05. The van der Waals surface area contributed by atoms with E-state index in [0.29, 0.717) is 22.7 Å². The van der Waals surface area contributed by atoms with Gasteiger partial charge >= 0.3 is 5.97 Å². The van der Waals surface area contributed by atoms with E-state index in [1.807, 2.05) is 12.1 Å². The van der Waals surface area contributed by atoms with Crippen molar-refractivity contribution in [1.82, 2.24) is 0 Å². The van der Waals surface area contributed by atoms with Crippen molar-refractivity contribution in [2.45, 2.75) is 12.0 Å². The predicted octanol–water partition coefficient (Wildman–Crippen LogP) is 4.13. The molecule has 0 aromatic heterocycles. The lowest BCUT2D eigenvalue weighted by Crippen LogP contribution is -2.37. The number of phenolic OH excluding ortho intramolecular Hbond substituents is 1. The van der Waals surface area contributed by atoms with E-state index in [2.05, 4.69) is 5.32 Å². The number of cyclic esters (lactones) is 1. The third-order valence-corrected chi connectivity index (χ3v) is 7.45. The fraction of sp³-hybridized carbons (Fsp3) is 0.296. The van der Waals surface area contributed by atoms with Crippen LogP contribution in [0.15, 0.2) is 48.5 Å². The second-order valence-corrected chi connectivity index (χ2v) is 9.33. The lowest BCUT2D eigenvalue weighted by Gasteiger charge is -2.40. The van der Waals surface area contributed by atoms with E-state index >= 15 is 0 Å². The summed E-state index contributed by atoms with van der Waals surface area (Å²) in [6.07, 6.45) is 0. The van der Waals surface area contributed by atoms with Crippen molar-refractivity contribution in [2.75, 3.05) is 32.9 Å². The molecule has 1 aliphatic carbocycles. The summed E-state index contributed by atoms with van der Waals surface area (Å²) in [5.74, 6) is -0.204. The number of nitro groups is 1. The van der Waals surface area contributed by atoms with Crippen molar-refractivity contribution < 1.29 is 38.5 Å². The molecule has 0 bridgehead atoms. The number of rotatable bonds is 6. The zero-order chi connectivity index (χ0) is 26.6. The minimum atomic E-state index is -0.572. The number of hydrogen-bond donors (Lipinski definition) is 2. The standard InChI is InChI=1S/C27H24N2O9/c1-34-21-7-13(8-22(35-2)26(21)30)23-16-9-19-20(38-12-37-19)10-17(16)25(18-11-36-27(31)24(18)23)28-14-3-5-15(6-4-14)29(32)33/h3-10,18,23-25,28,30H,11-12H2,1-2H3/t18?,23?,24-,25+/m0/s1. The van der Waals surface area contributed by atoms with Gasteiger partial charge in [-0.1, -0.05) is 0 Å². The van der Waals surface area contributed by atoms with E-state index in [0.717, 1.165) is 11.1 Å². The first-order valence-corrected chi connectivity index (χ1v) is 12.0. The minimum absolute atomic E-state index is 0.0181. The number of anilines is 1. The van der Waals surface area contributed by atoms with Gasteiger partial charge < -0.3 is 34.1 Å². The molecule has 2 heterocycles. The predicted molar refractivity (Wildman–Crippen MR) is 133 cm³/mol. The second-order valence-electron chi connectivity index (χ2n) is 9.33. The van der Waals surface area contributed by atoms with Gasteiger partial charge in [0.2, 0.25) is 12.5 Å². The van der Waals surface area contributed by atoms with Gasteiger partial charge in [-0.25, -0.2) is 0 Å². The number of aromatic hydroxyl groups is 1. The second kappa shape index (κ2) is 9.02. The van der Waals surface area contributed by atoms with Gasteiger partial charge in [0.1, 0.15) is 0 Å². The van der Waals surface area contributed by atoms with Gasteiger partial charge in [-0.3, -0.25) is 14.9 Å². The molecule has 3 aromatic rings. The Morgan fingerprint density at radius 3 is 2.21 bits per heavy atom. The fourth-order valence-corrected chi connectivity index (χ4v) is 5.70. The highest BCUT2D eigenvalue weighted by Crippen LogP contribution is 2.56. The topological polar surface area (TPSA) is 139 Å². The van der Waals surface area contributed by atoms with Crippen LogP contribution in [-0.4, -0.2) is 43.6 Å². The maximum Gasteiger partial charge on any atom is 0.310 e. The highest BCUT2D eigenvalue weighted by molar-refractivity contribution is 5.79. The average Bonchev–Trinajstić information content (AvgIpc) is 3.54. The zero-order valence-corrected chi connectivity index (χ0v) is 20.5. The van der Waals surface area contributed by atoms with E-state index in [4.69, 9.17) is 23.7 Å². The molecular weight excluding hydrogens is 496 g/mol. The summed E-state index contributed by atoms with van der Waals surface area (Å²) in [4.78, 5) is 23.9. The summed E-state index contributed by atoms with van der Waals surface area (Å²) >= 11 is 0. The van der Waals surface area contributed by atoms with E-state index in [1.165, 1.54) is 26.4 Å². The molecule has 2 unspecified atom stereocenters. The number of hydrogen-bond acceptors (Lipinski definition) is 10. The van der Waals surface area contributed by atoms with E-state index in [1.54, 1.807) is 24.3 Å². The van der Waals surface area contributed by atoms with E-state index < -0.39 is 16.8 Å². The molecule has 0 saturated carbocycles. The number of nitrogens with one attached hydrogen (secondary N) is 1. The normalized spacial score (nSPS) is 22.7. The van der Waals surface area contributed by atoms with Crippen LogP contribution in [-0.2, 0) is 9.53 Å². The van der Waals surface area contributed by atoms with Gasteiger partial charge in [-0.2, -0.15) is 0 Å². The lowest BCUT2D eigenvalue weighted by molar-refractivity contribution is -0.384. The van der Waals surface area contributed by atoms with Gasteiger partial charge in [-0.15, -0.1) is 0 Å². The number of nitrogens with zero attached hydrogens (tertiary/aromatic N) is 1. The zero-order valence-electron chi connectivity index (χ0n) is 20.5. The summed E-state index contributed by atoms with van der Waals surface area (Å²) in [7, 11) is 2.89. The van der Waals surface area contributed by atoms with Gasteiger partial charge in [0, 0.05) is 29.7 Å². The van der Waals surface area contributed by atoms with Crippen LogP contribution < -0.4 is 24.3 Å². The number of ether oxygens (including phenoxy) is 5. The molecule has 4 atom stereocenters. The number of fused-ring (bicyclic) bond motifs is 3. The highest BCUT2D eigenvalue weighted by Gasteiger charge is 2.52. The summed E-state index contributed by atoms with van der Waals surface area (Å²) < 4.78 is 27.7. The Labute approximate surface area is 217 Å². The van der Waals surface area contributed by atoms with Crippen LogP contribution in [0.1, 0.15) is 28.7 Å². The first-order valence-electron chi connectivity index (χ1n) is 12.0. The fourth-order valence-electron chi connectivity index (χ4n) is 5.70. The first-order chi connectivity index (χ1) is 18.4. The monoisotopic (exact) mass is 520 g/mol. The maximum absolute atomic E-state index is 13.2. The maximum atomic E-state index is 13.2. The SMILES string of the molecule is COc1cc(C2c3cc4c(cc3[C@@H](Nc3ccc([N+](=O)[O-])cc3)C3COC(=O)[C@H]23)OCO4)cc(OC)c1O. The van der Waals surface area contributed by atoms with Gasteiger partial charge in [0.25, 0.3) is 5.69 Å². The van der Waals surface area contributed by atoms with Crippen molar-refractivity contribution in [1.29, 1.82) is 0 Å². The van der Waals surface area contributed by atoms with Crippen LogP contribution in [0.2, 0.25) is 0 Å². The Kier molecular flexibility index (Phi) is 5.63. The van der Waals surface area contributed by atoms with Crippen LogP contribution in [0.3, 0.4) is 0 Å². The van der Waals surface area contributed by atoms with Gasteiger partial charge in [0.05, 0.1) is 37.7 Å². The molecule has 2 aliphatic heterocycles. The number of carbonyl (C=O) groups excluding carboxylic acids is 1. The Morgan fingerprint density at radius 2 is 1.61 bits per heavy atom. The molecule has 11 heteroatoms. The minimum Gasteiger partial charge on any atom is -0.502 e. The Balaban J connectivity index is 1.51. The Hall–Kier alpha value is -4.67. The number of esters is 1. The molecular formula is C27H24N2O9. The van der Waals surface area contributed by atoms with Crippen LogP contribution in [0, 0.1) is 22.0 Å². The van der Waals surface area contributed by atoms with Crippen LogP contribution >= 0.6 is 0 Å². The summed E-state index contributed by atoms with van der Waals surface area (Å²) in [5, 5.41) is 25.1. The van der Waals surface area contributed by atoms with E-state index in [9.17, 15) is 20.0 Å². The van der Waals surface area contributed by atoms with Gasteiger partial charge in [-0.05, 0) is 53.1 Å². The largest absolute Gasteiger partial charge is 0.502 e. The molecule has 0 spiro atoms. The summed E-state index contributed by atoms with van der Waals surface area (Å²) in [6.45, 7) is 0.268. The number of methoxy groups -OCH3 is 2. The van der Waals surface area contributed by atoms with Crippen molar-refractivity contribution in [2.24, 2.45) is 11.8 Å². The van der Waals surface area contributed by atoms with Crippen molar-refractivity contribution >= 4 is 17.3 Å². The van der Waals surface area contributed by atoms with Crippen LogP contribution in [0.25, 0.3) is 0 Å². The van der Waals surface area contributed by atoms with Crippen molar-refractivity contribution in [3.8, 4) is 28.7 Å². The van der Waals surface area contributed by atoms with Gasteiger partial charge in [0.15, 0.2) is 23.0 Å². The lowest BCUT2D eigenvalue weighted by atomic mass is 9.65. The average molecular weight is 520 g/mol. The molecule has 11 nitrogen and oxygen atoms in total. The molecule has 38 heavy (non-hydrogen) atoms. The molecule has 3 aromatic carbocycles. The molecule has 196 valence electrons. The Morgan fingerprint density at radius 1 is 0.974 bits per heavy atom. The van der Waals surface area contributed by atoms with Crippen molar-refractivity contribution in [3.63, 3.8) is 0 Å². The third-order valence-electron chi connectivity index (χ3n) is 7.45. The molecule has 1 saturated heterocycles. The number of nitro benzene ring substituents is 1. The quantitative estimate of drug-likeness (QED) is 0.277. The third kappa shape index (κ3) is 3.69. The van der Waals surface area contributed by atoms with Crippen molar-refractivity contribution in [3.05, 3.63) is 75.3 Å². The smallest absolute Gasteiger partial charge is 0.310 e. The summed E-state index contributed by atoms with van der Waals surface area (Å²) in [6, 6.07) is 12.9. The number of non-ortho nitro benzene ring substituents is 1. The van der Waals surface area contributed by atoms with E-state index in [-0.39, 0.29) is 54.3 Å². The number of benzene rings is 3. The highest BCUT2D eigenvalue weighted by atomic mass is 16.7. The Bertz CT molecular complexity index is 1410. The number of carbonyl (C=O) groups is 1.